The Morgan fingerprint density at radius 3 is 2.50 bits per heavy atom. The molecule has 182 valence electrons. The molecule has 1 saturated heterocycles. The van der Waals surface area contributed by atoms with E-state index in [9.17, 15) is 4.79 Å². The van der Waals surface area contributed by atoms with Crippen molar-refractivity contribution in [1.82, 2.24) is 15.3 Å². The molecule has 0 radical (unpaired) electrons. The van der Waals surface area contributed by atoms with Crippen LogP contribution in [0, 0.1) is 5.92 Å². The van der Waals surface area contributed by atoms with Gasteiger partial charge in [0.15, 0.2) is 0 Å². The molecule has 0 atom stereocenters. The first-order valence-electron chi connectivity index (χ1n) is 12.6. The molecule has 1 aromatic heterocycles. The smallest absolute Gasteiger partial charge is 0.230 e. The summed E-state index contributed by atoms with van der Waals surface area (Å²) in [6.45, 7) is 5.66. The van der Waals surface area contributed by atoms with E-state index in [2.05, 4.69) is 44.8 Å². The summed E-state index contributed by atoms with van der Waals surface area (Å²) in [5.74, 6) is 2.36. The molecule has 1 aliphatic heterocycles. The summed E-state index contributed by atoms with van der Waals surface area (Å²) in [5, 5.41) is 6.38. The second-order valence-electron chi connectivity index (χ2n) is 9.73. The molecule has 2 N–H and O–H groups in total. The molecule has 2 aliphatic carbocycles. The first kappa shape index (κ1) is 22.9. The van der Waals surface area contributed by atoms with Crippen LogP contribution in [0.5, 0.6) is 5.88 Å². The zero-order chi connectivity index (χ0) is 23.3. The van der Waals surface area contributed by atoms with Gasteiger partial charge >= 0.3 is 0 Å². The fraction of sp³-hybridized carbons (Fsp3) is 0.577. The van der Waals surface area contributed by atoms with Crippen molar-refractivity contribution < 1.29 is 14.3 Å². The Kier molecular flexibility index (Phi) is 7.13. The van der Waals surface area contributed by atoms with Crippen LogP contribution < -0.4 is 20.3 Å². The van der Waals surface area contributed by atoms with E-state index in [4.69, 9.17) is 14.5 Å². The summed E-state index contributed by atoms with van der Waals surface area (Å²) >= 11 is 0. The standard InChI is InChI=1S/C26H35N5O3/c1-18(32)28-21-6-2-19(3-7-21)17-34-25-24(20-4-5-20)16-27-26(30-25)29-22-8-10-23(11-9-22)31-12-14-33-15-13-31/h8-11,16,19-21H,2-7,12-15,17H2,1H3,(H,28,32)(H,27,29,30)/t19-,21-. The number of carbonyl (C=O) groups is 1. The van der Waals surface area contributed by atoms with E-state index in [1.165, 1.54) is 18.5 Å². The Morgan fingerprint density at radius 2 is 1.82 bits per heavy atom. The molecule has 0 unspecified atom stereocenters. The van der Waals surface area contributed by atoms with E-state index in [1.807, 2.05) is 6.20 Å². The number of ether oxygens (including phenoxy) is 2. The van der Waals surface area contributed by atoms with Gasteiger partial charge in [0.05, 0.1) is 19.8 Å². The van der Waals surface area contributed by atoms with Gasteiger partial charge in [0.1, 0.15) is 0 Å². The average molecular weight is 466 g/mol. The van der Waals surface area contributed by atoms with Crippen LogP contribution in [0.2, 0.25) is 0 Å². The second kappa shape index (κ2) is 10.6. The number of aromatic nitrogens is 2. The minimum atomic E-state index is 0.0607. The molecular formula is C26H35N5O3. The van der Waals surface area contributed by atoms with Crippen LogP contribution in [0.15, 0.2) is 30.5 Å². The normalized spacial score (nSPS) is 22.8. The van der Waals surface area contributed by atoms with Crippen molar-refractivity contribution >= 4 is 23.2 Å². The third kappa shape index (κ3) is 5.97. The van der Waals surface area contributed by atoms with Crippen molar-refractivity contribution in [2.75, 3.05) is 43.1 Å². The van der Waals surface area contributed by atoms with E-state index in [1.54, 1.807) is 6.92 Å². The molecule has 2 heterocycles. The predicted molar refractivity (Wildman–Crippen MR) is 132 cm³/mol. The van der Waals surface area contributed by atoms with E-state index in [0.717, 1.165) is 63.2 Å². The van der Waals surface area contributed by atoms with Gasteiger partial charge in [-0.1, -0.05) is 0 Å². The van der Waals surface area contributed by atoms with Crippen LogP contribution in [0.4, 0.5) is 17.3 Å². The summed E-state index contributed by atoms with van der Waals surface area (Å²) in [4.78, 5) is 23.0. The van der Waals surface area contributed by atoms with Crippen LogP contribution in [0.25, 0.3) is 0 Å². The quantitative estimate of drug-likeness (QED) is 0.609. The maximum absolute atomic E-state index is 11.3. The van der Waals surface area contributed by atoms with Crippen LogP contribution in [-0.4, -0.2) is 54.8 Å². The number of anilines is 3. The van der Waals surface area contributed by atoms with E-state index < -0.39 is 0 Å². The highest BCUT2D eigenvalue weighted by molar-refractivity contribution is 5.73. The van der Waals surface area contributed by atoms with Gasteiger partial charge in [0.2, 0.25) is 17.7 Å². The van der Waals surface area contributed by atoms with Gasteiger partial charge in [-0.05, 0) is 74.6 Å². The molecule has 3 fully saturated rings. The fourth-order valence-electron chi connectivity index (χ4n) is 4.89. The van der Waals surface area contributed by atoms with Gasteiger partial charge in [-0.25, -0.2) is 4.98 Å². The number of nitrogens with zero attached hydrogens (tertiary/aromatic N) is 3. The monoisotopic (exact) mass is 465 g/mol. The molecule has 8 nitrogen and oxygen atoms in total. The van der Waals surface area contributed by atoms with Gasteiger partial charge in [-0.15, -0.1) is 0 Å². The topological polar surface area (TPSA) is 88.6 Å². The average Bonchev–Trinajstić information content (AvgIpc) is 3.70. The summed E-state index contributed by atoms with van der Waals surface area (Å²) in [6, 6.07) is 8.69. The second-order valence-corrected chi connectivity index (χ2v) is 9.73. The van der Waals surface area contributed by atoms with Gasteiger partial charge < -0.3 is 25.0 Å². The summed E-state index contributed by atoms with van der Waals surface area (Å²) < 4.78 is 11.7. The predicted octanol–water partition coefficient (Wildman–Crippen LogP) is 4.01. The largest absolute Gasteiger partial charge is 0.477 e. The number of benzene rings is 1. The highest BCUT2D eigenvalue weighted by Crippen LogP contribution is 2.44. The van der Waals surface area contributed by atoms with Gasteiger partial charge in [0, 0.05) is 49.2 Å². The van der Waals surface area contributed by atoms with Crippen LogP contribution >= 0.6 is 0 Å². The van der Waals surface area contributed by atoms with E-state index in [0.29, 0.717) is 36.3 Å². The van der Waals surface area contributed by atoms with Crippen LogP contribution in [0.3, 0.4) is 0 Å². The first-order chi connectivity index (χ1) is 16.6. The lowest BCUT2D eigenvalue weighted by atomic mass is 9.86. The number of amides is 1. The molecule has 5 rings (SSSR count). The maximum atomic E-state index is 11.3. The molecule has 0 bridgehead atoms. The van der Waals surface area contributed by atoms with E-state index in [-0.39, 0.29) is 5.91 Å². The third-order valence-corrected chi connectivity index (χ3v) is 7.01. The number of morpholine rings is 1. The maximum Gasteiger partial charge on any atom is 0.230 e. The summed E-state index contributed by atoms with van der Waals surface area (Å²) in [7, 11) is 0. The number of hydrogen-bond donors (Lipinski definition) is 2. The molecule has 3 aliphatic rings. The molecular weight excluding hydrogens is 430 g/mol. The SMILES string of the molecule is CC(=O)N[C@H]1CC[C@H](COc2nc(Nc3ccc(N4CCOCC4)cc3)ncc2C2CC2)CC1. The van der Waals surface area contributed by atoms with Crippen molar-refractivity contribution in [3.05, 3.63) is 36.0 Å². The molecule has 2 aromatic rings. The number of hydrogen-bond acceptors (Lipinski definition) is 7. The Bertz CT molecular complexity index is 965. The zero-order valence-electron chi connectivity index (χ0n) is 20.0. The lowest BCUT2D eigenvalue weighted by Gasteiger charge is -2.29. The van der Waals surface area contributed by atoms with Crippen molar-refractivity contribution in [2.24, 2.45) is 5.92 Å². The van der Waals surface area contributed by atoms with E-state index >= 15 is 0 Å². The van der Waals surface area contributed by atoms with Gasteiger partial charge in [0.25, 0.3) is 0 Å². The van der Waals surface area contributed by atoms with Crippen LogP contribution in [-0.2, 0) is 9.53 Å². The Labute approximate surface area is 201 Å². The zero-order valence-corrected chi connectivity index (χ0v) is 20.0. The molecule has 0 spiro atoms. The Hall–Kier alpha value is -2.87. The van der Waals surface area contributed by atoms with Crippen molar-refractivity contribution in [2.45, 2.75) is 57.4 Å². The molecule has 34 heavy (non-hydrogen) atoms. The molecule has 1 amide bonds. The van der Waals surface area contributed by atoms with Crippen LogP contribution in [0.1, 0.15) is 56.9 Å². The summed E-state index contributed by atoms with van der Waals surface area (Å²) in [6.07, 6.45) is 8.44. The summed E-state index contributed by atoms with van der Waals surface area (Å²) in [5.41, 5.74) is 3.29. The molecule has 2 saturated carbocycles. The fourth-order valence-corrected chi connectivity index (χ4v) is 4.89. The lowest BCUT2D eigenvalue weighted by molar-refractivity contribution is -0.119. The van der Waals surface area contributed by atoms with Gasteiger partial charge in [-0.3, -0.25) is 4.79 Å². The molecule has 8 heteroatoms. The van der Waals surface area contributed by atoms with Crippen molar-refractivity contribution in [3.8, 4) is 5.88 Å². The minimum absolute atomic E-state index is 0.0607. The number of rotatable bonds is 8. The number of carbonyl (C=O) groups excluding carboxylic acids is 1. The Morgan fingerprint density at radius 1 is 1.09 bits per heavy atom. The highest BCUT2D eigenvalue weighted by Gasteiger charge is 2.29. The third-order valence-electron chi connectivity index (χ3n) is 7.01. The molecule has 1 aromatic carbocycles. The van der Waals surface area contributed by atoms with Crippen molar-refractivity contribution in [3.63, 3.8) is 0 Å². The first-order valence-corrected chi connectivity index (χ1v) is 12.6. The lowest BCUT2D eigenvalue weighted by Crippen LogP contribution is -2.37. The number of nitrogens with one attached hydrogen (secondary N) is 2. The Balaban J connectivity index is 1.19. The van der Waals surface area contributed by atoms with Gasteiger partial charge in [-0.2, -0.15) is 4.98 Å². The van der Waals surface area contributed by atoms with Crippen molar-refractivity contribution in [1.29, 1.82) is 0 Å². The minimum Gasteiger partial charge on any atom is -0.477 e. The highest BCUT2D eigenvalue weighted by atomic mass is 16.5.